The van der Waals surface area contributed by atoms with Crippen molar-refractivity contribution in [2.45, 2.75) is 76.9 Å². The summed E-state index contributed by atoms with van der Waals surface area (Å²) in [6, 6.07) is 0. The van der Waals surface area contributed by atoms with Crippen molar-refractivity contribution in [2.75, 3.05) is 6.54 Å². The molecule has 6 nitrogen and oxygen atoms in total. The number of nitrogens with one attached hydrogen (secondary N) is 1. The van der Waals surface area contributed by atoms with Gasteiger partial charge in [-0.15, -0.1) is 0 Å². The van der Waals surface area contributed by atoms with E-state index in [1.807, 2.05) is 0 Å². The molecule has 0 aromatic rings. The normalized spacial score (nSPS) is 49.7. The van der Waals surface area contributed by atoms with Crippen LogP contribution in [0.25, 0.3) is 0 Å². The van der Waals surface area contributed by atoms with Crippen molar-refractivity contribution in [3.63, 3.8) is 0 Å². The lowest BCUT2D eigenvalue weighted by atomic mass is 9.58. The van der Waals surface area contributed by atoms with Crippen molar-refractivity contribution in [3.05, 3.63) is 11.3 Å². The van der Waals surface area contributed by atoms with Crippen LogP contribution in [0, 0.1) is 47.3 Å². The molecule has 6 heteroatoms. The Morgan fingerprint density at radius 1 is 1.06 bits per heavy atom. The van der Waals surface area contributed by atoms with Gasteiger partial charge in [0.1, 0.15) is 11.3 Å². The van der Waals surface area contributed by atoms with Gasteiger partial charge >= 0.3 is 0 Å². The number of aliphatic hydroxyl groups is 3. The molecule has 4 N–H and O–H groups in total. The van der Waals surface area contributed by atoms with Gasteiger partial charge in [-0.25, -0.2) is 0 Å². The van der Waals surface area contributed by atoms with E-state index in [0.717, 1.165) is 38.5 Å². The Balaban J connectivity index is 1.45. The highest BCUT2D eigenvalue weighted by molar-refractivity contribution is 6.21. The van der Waals surface area contributed by atoms with Crippen LogP contribution in [0.1, 0.15) is 65.2 Å². The predicted octanol–water partition coefficient (Wildman–Crippen LogP) is 2.73. The van der Waals surface area contributed by atoms with E-state index in [1.54, 1.807) is 0 Å². The highest BCUT2D eigenvalue weighted by Crippen LogP contribution is 2.58. The number of rotatable bonds is 3. The lowest BCUT2D eigenvalue weighted by Crippen LogP contribution is -2.54. The summed E-state index contributed by atoms with van der Waals surface area (Å²) in [5, 5.41) is 35.6. The summed E-state index contributed by atoms with van der Waals surface area (Å²) < 4.78 is 0. The fourth-order valence-corrected chi connectivity index (χ4v) is 7.77. The Kier molecular flexibility index (Phi) is 5.25. The minimum absolute atomic E-state index is 0.0617. The second kappa shape index (κ2) is 7.58. The molecule has 5 aliphatic rings. The lowest BCUT2D eigenvalue weighted by molar-refractivity contribution is -0.132. The van der Waals surface area contributed by atoms with Crippen LogP contribution in [-0.4, -0.2) is 45.3 Å². The Hall–Kier alpha value is -1.40. The summed E-state index contributed by atoms with van der Waals surface area (Å²) in [5.41, 5.74) is -1.28. The zero-order valence-electron chi connectivity index (χ0n) is 18.7. The Bertz CT molecular complexity index is 808. The average Bonchev–Trinajstić information content (AvgIpc) is 3.53. The summed E-state index contributed by atoms with van der Waals surface area (Å²) in [6.07, 6.45) is 6.60. The van der Waals surface area contributed by atoms with E-state index in [1.165, 1.54) is 0 Å². The van der Waals surface area contributed by atoms with Gasteiger partial charge in [0, 0.05) is 12.5 Å². The number of hydrogen-bond acceptors (Lipinski definition) is 5. The van der Waals surface area contributed by atoms with Gasteiger partial charge in [-0.3, -0.25) is 9.59 Å². The van der Waals surface area contributed by atoms with Crippen LogP contribution in [0.15, 0.2) is 11.3 Å². The standard InChI is InChI=1S/C25H37NO5/c1-12-3-6-15-14(9-12)5-4-13(2)20(15)23(29)21-22(28)18(11-26-24(21)30)25(31)8-7-19(27)16-10-17(16)25/h12-20,27-28,31H,3-11H2,1-2H3,(H,26,30)/t12?,13?,14-,15?,16?,17?,18?,19?,20-,25?/m0/s1. The molecule has 1 heterocycles. The molecule has 8 unspecified atom stereocenters. The largest absolute Gasteiger partial charge is 0.511 e. The second-order valence-corrected chi connectivity index (χ2v) is 11.4. The van der Waals surface area contributed by atoms with Crippen LogP contribution in [0.3, 0.4) is 0 Å². The molecule has 0 spiro atoms. The molecular formula is C25H37NO5. The first-order valence-electron chi connectivity index (χ1n) is 12.4. The van der Waals surface area contributed by atoms with E-state index in [2.05, 4.69) is 19.2 Å². The monoisotopic (exact) mass is 431 g/mol. The topological polar surface area (TPSA) is 107 Å². The zero-order chi connectivity index (χ0) is 22.1. The van der Waals surface area contributed by atoms with Crippen molar-refractivity contribution in [1.29, 1.82) is 0 Å². The van der Waals surface area contributed by atoms with Crippen LogP contribution in [0.4, 0.5) is 0 Å². The number of carbonyl (C=O) groups excluding carboxylic acids is 2. The molecule has 0 radical (unpaired) electrons. The molecule has 4 aliphatic carbocycles. The molecule has 31 heavy (non-hydrogen) atoms. The maximum Gasteiger partial charge on any atom is 0.258 e. The summed E-state index contributed by atoms with van der Waals surface area (Å²) in [6.45, 7) is 4.53. The van der Waals surface area contributed by atoms with Crippen LogP contribution < -0.4 is 5.32 Å². The van der Waals surface area contributed by atoms with E-state index < -0.39 is 23.5 Å². The van der Waals surface area contributed by atoms with E-state index >= 15 is 0 Å². The van der Waals surface area contributed by atoms with Crippen molar-refractivity contribution < 1.29 is 24.9 Å². The smallest absolute Gasteiger partial charge is 0.258 e. The van der Waals surface area contributed by atoms with Gasteiger partial charge in [0.05, 0.1) is 17.6 Å². The van der Waals surface area contributed by atoms with E-state index in [0.29, 0.717) is 24.7 Å². The summed E-state index contributed by atoms with van der Waals surface area (Å²) >= 11 is 0. The lowest BCUT2D eigenvalue weighted by Gasteiger charge is -2.46. The van der Waals surface area contributed by atoms with Crippen molar-refractivity contribution in [1.82, 2.24) is 5.32 Å². The predicted molar refractivity (Wildman–Crippen MR) is 115 cm³/mol. The quantitative estimate of drug-likeness (QED) is 0.514. The minimum Gasteiger partial charge on any atom is -0.511 e. The molecule has 1 aliphatic heterocycles. The summed E-state index contributed by atoms with van der Waals surface area (Å²) in [4.78, 5) is 26.6. The van der Waals surface area contributed by atoms with Gasteiger partial charge < -0.3 is 20.6 Å². The molecule has 0 bridgehead atoms. The van der Waals surface area contributed by atoms with Crippen molar-refractivity contribution >= 4 is 11.7 Å². The number of amides is 1. The number of hydrogen-bond donors (Lipinski definition) is 4. The fraction of sp³-hybridized carbons (Fsp3) is 0.840. The van der Waals surface area contributed by atoms with Gasteiger partial charge in [-0.05, 0) is 80.5 Å². The highest BCUT2D eigenvalue weighted by atomic mass is 16.3. The minimum atomic E-state index is -1.17. The number of carbonyl (C=O) groups is 2. The van der Waals surface area contributed by atoms with Crippen molar-refractivity contribution in [3.8, 4) is 0 Å². The van der Waals surface area contributed by atoms with Crippen LogP contribution in [-0.2, 0) is 9.59 Å². The Morgan fingerprint density at radius 3 is 2.61 bits per heavy atom. The van der Waals surface area contributed by atoms with Gasteiger partial charge in [-0.1, -0.05) is 20.3 Å². The van der Waals surface area contributed by atoms with Crippen molar-refractivity contribution in [2.24, 2.45) is 47.3 Å². The third-order valence-corrected chi connectivity index (χ3v) is 9.62. The van der Waals surface area contributed by atoms with E-state index in [4.69, 9.17) is 0 Å². The summed E-state index contributed by atoms with van der Waals surface area (Å²) in [7, 11) is 0. The van der Waals surface area contributed by atoms with E-state index in [9.17, 15) is 24.9 Å². The molecular weight excluding hydrogens is 394 g/mol. The molecule has 5 rings (SSSR count). The first-order chi connectivity index (χ1) is 14.7. The molecule has 0 aromatic heterocycles. The van der Waals surface area contributed by atoms with Gasteiger partial charge in [0.15, 0.2) is 5.78 Å². The molecule has 0 saturated heterocycles. The first-order valence-corrected chi connectivity index (χ1v) is 12.4. The first kappa shape index (κ1) is 21.4. The maximum atomic E-state index is 13.8. The number of fused-ring (bicyclic) bond motifs is 2. The van der Waals surface area contributed by atoms with Gasteiger partial charge in [0.2, 0.25) is 0 Å². The summed E-state index contributed by atoms with van der Waals surface area (Å²) in [5.74, 6) is -0.170. The molecule has 0 aromatic carbocycles. The molecule has 1 amide bonds. The van der Waals surface area contributed by atoms with Crippen LogP contribution in [0.2, 0.25) is 0 Å². The molecule has 4 fully saturated rings. The Labute approximate surface area is 184 Å². The van der Waals surface area contributed by atoms with Crippen LogP contribution >= 0.6 is 0 Å². The maximum absolute atomic E-state index is 13.8. The zero-order valence-corrected chi connectivity index (χ0v) is 18.7. The molecule has 4 saturated carbocycles. The molecule has 172 valence electrons. The number of ketones is 1. The number of Topliss-reactive ketones (excluding diaryl/α,β-unsaturated/α-hetero) is 1. The van der Waals surface area contributed by atoms with Gasteiger partial charge in [0.25, 0.3) is 5.91 Å². The number of aliphatic hydroxyl groups excluding tert-OH is 2. The third kappa shape index (κ3) is 3.36. The third-order valence-electron chi connectivity index (χ3n) is 9.62. The fourth-order valence-electron chi connectivity index (χ4n) is 7.77. The SMILES string of the molecule is CC1CCC2[C@@H](CCC(C)[C@@H]2C(=O)C2=C(O)C(C3(O)CCC(O)C4CC43)CNC2=O)C1. The van der Waals surface area contributed by atoms with E-state index in [-0.39, 0.29) is 53.2 Å². The molecule has 10 atom stereocenters. The van der Waals surface area contributed by atoms with Crippen LogP contribution in [0.5, 0.6) is 0 Å². The van der Waals surface area contributed by atoms with Gasteiger partial charge in [-0.2, -0.15) is 0 Å². The Morgan fingerprint density at radius 2 is 1.84 bits per heavy atom. The average molecular weight is 432 g/mol. The second-order valence-electron chi connectivity index (χ2n) is 11.4. The highest BCUT2D eigenvalue weighted by Gasteiger charge is 2.62.